The molecule has 1 amide bonds. The smallest absolute Gasteiger partial charge is 0.221 e. The Morgan fingerprint density at radius 1 is 1.40 bits per heavy atom. The number of rotatable bonds is 6. The minimum absolute atomic E-state index is 0.106. The third-order valence-corrected chi connectivity index (χ3v) is 3.49. The van der Waals surface area contributed by atoms with Crippen molar-refractivity contribution in [2.45, 2.75) is 31.2 Å². The van der Waals surface area contributed by atoms with E-state index in [0.29, 0.717) is 12.0 Å². The summed E-state index contributed by atoms with van der Waals surface area (Å²) in [6, 6.07) is 0. The Morgan fingerprint density at radius 2 is 2.07 bits per heavy atom. The van der Waals surface area contributed by atoms with Crippen molar-refractivity contribution in [1.82, 2.24) is 15.5 Å². The van der Waals surface area contributed by atoms with Gasteiger partial charge in [0.1, 0.15) is 0 Å². The summed E-state index contributed by atoms with van der Waals surface area (Å²) in [6.45, 7) is 1.77. The summed E-state index contributed by atoms with van der Waals surface area (Å²) in [5.41, 5.74) is 0.350. The Morgan fingerprint density at radius 3 is 2.47 bits per heavy atom. The first-order chi connectivity index (χ1) is 7.10. The highest BCUT2D eigenvalue weighted by Gasteiger charge is 2.38. The highest BCUT2D eigenvalue weighted by atomic mass is 16.1. The zero-order valence-corrected chi connectivity index (χ0v) is 10.1. The molecule has 15 heavy (non-hydrogen) atoms. The van der Waals surface area contributed by atoms with Gasteiger partial charge in [-0.3, -0.25) is 4.79 Å². The molecule has 0 aromatic heterocycles. The topological polar surface area (TPSA) is 44.4 Å². The van der Waals surface area contributed by atoms with Crippen LogP contribution in [0.15, 0.2) is 0 Å². The average Bonchev–Trinajstić information content (AvgIpc) is 2.14. The van der Waals surface area contributed by atoms with Gasteiger partial charge >= 0.3 is 0 Å². The number of nitrogens with zero attached hydrogens (tertiary/aromatic N) is 1. The monoisotopic (exact) mass is 213 g/mol. The van der Waals surface area contributed by atoms with Crippen molar-refractivity contribution in [1.29, 1.82) is 0 Å². The van der Waals surface area contributed by atoms with Gasteiger partial charge in [-0.15, -0.1) is 0 Å². The molecule has 4 nitrogen and oxygen atoms in total. The van der Waals surface area contributed by atoms with Gasteiger partial charge in [0, 0.05) is 32.1 Å². The Hall–Kier alpha value is -0.610. The molecule has 2 N–H and O–H groups in total. The quantitative estimate of drug-likeness (QED) is 0.619. The molecule has 0 aromatic carbocycles. The van der Waals surface area contributed by atoms with Gasteiger partial charge in [0.25, 0.3) is 0 Å². The van der Waals surface area contributed by atoms with Crippen LogP contribution in [0, 0.1) is 0 Å². The maximum absolute atomic E-state index is 11.0. The molecular formula is C11H23N3O. The first-order valence-corrected chi connectivity index (χ1v) is 5.69. The first kappa shape index (κ1) is 12.5. The third kappa shape index (κ3) is 3.18. The molecule has 0 radical (unpaired) electrons. The molecule has 88 valence electrons. The highest BCUT2D eigenvalue weighted by Crippen LogP contribution is 2.35. The first-order valence-electron chi connectivity index (χ1n) is 5.69. The van der Waals surface area contributed by atoms with Gasteiger partial charge in [0.2, 0.25) is 5.91 Å². The molecule has 0 bridgehead atoms. The van der Waals surface area contributed by atoms with Gasteiger partial charge in [0.15, 0.2) is 0 Å². The average molecular weight is 213 g/mol. The number of carbonyl (C=O) groups is 1. The molecule has 1 aliphatic carbocycles. The number of hydrogen-bond donors (Lipinski definition) is 2. The molecule has 1 aliphatic rings. The minimum atomic E-state index is 0.106. The van der Waals surface area contributed by atoms with E-state index in [0.717, 1.165) is 13.1 Å². The lowest BCUT2D eigenvalue weighted by molar-refractivity contribution is -0.120. The van der Waals surface area contributed by atoms with Crippen LogP contribution in [0.5, 0.6) is 0 Å². The molecule has 0 aromatic rings. The second kappa shape index (κ2) is 5.47. The zero-order valence-electron chi connectivity index (χ0n) is 10.1. The van der Waals surface area contributed by atoms with Crippen LogP contribution in [0.4, 0.5) is 0 Å². The molecule has 0 spiro atoms. The molecule has 1 rings (SSSR count). The summed E-state index contributed by atoms with van der Waals surface area (Å²) in [5.74, 6) is 0.106. The number of nitrogens with one attached hydrogen (secondary N) is 2. The SMILES string of the molecule is CNC(=O)CCNCC1(N(C)C)CCC1. The molecule has 0 heterocycles. The second-order valence-electron chi connectivity index (χ2n) is 4.57. The summed E-state index contributed by atoms with van der Waals surface area (Å²) >= 11 is 0. The maximum Gasteiger partial charge on any atom is 0.221 e. The van der Waals surface area contributed by atoms with Gasteiger partial charge in [-0.05, 0) is 33.4 Å². The number of carbonyl (C=O) groups excluding carboxylic acids is 1. The fraction of sp³-hybridized carbons (Fsp3) is 0.909. The molecule has 4 heteroatoms. The Bertz CT molecular complexity index is 212. The van der Waals surface area contributed by atoms with Crippen LogP contribution in [-0.4, -0.2) is 50.6 Å². The zero-order chi connectivity index (χ0) is 11.3. The van der Waals surface area contributed by atoms with Gasteiger partial charge in [-0.1, -0.05) is 0 Å². The summed E-state index contributed by atoms with van der Waals surface area (Å²) in [6.07, 6.45) is 4.44. The van der Waals surface area contributed by atoms with Gasteiger partial charge in [-0.2, -0.15) is 0 Å². The van der Waals surface area contributed by atoms with Crippen LogP contribution in [0.3, 0.4) is 0 Å². The molecule has 0 unspecified atom stereocenters. The normalized spacial score (nSPS) is 18.7. The lowest BCUT2D eigenvalue weighted by Crippen LogP contribution is -2.56. The highest BCUT2D eigenvalue weighted by molar-refractivity contribution is 5.75. The maximum atomic E-state index is 11.0. The number of hydrogen-bond acceptors (Lipinski definition) is 3. The number of likely N-dealkylation sites (N-methyl/N-ethyl adjacent to an activating group) is 1. The van der Waals surface area contributed by atoms with Crippen molar-refractivity contribution in [2.75, 3.05) is 34.2 Å². The van der Waals surface area contributed by atoms with Crippen molar-refractivity contribution >= 4 is 5.91 Å². The Kier molecular flexibility index (Phi) is 4.54. The molecule has 0 aliphatic heterocycles. The molecule has 1 fully saturated rings. The number of amides is 1. The van der Waals surface area contributed by atoms with Crippen LogP contribution < -0.4 is 10.6 Å². The van der Waals surface area contributed by atoms with E-state index in [2.05, 4.69) is 29.6 Å². The standard InChI is InChI=1S/C11H23N3O/c1-12-10(15)5-8-13-9-11(14(2)3)6-4-7-11/h13H,4-9H2,1-3H3,(H,12,15). The van der Waals surface area contributed by atoms with Gasteiger partial charge < -0.3 is 15.5 Å². The van der Waals surface area contributed by atoms with Crippen LogP contribution in [0.25, 0.3) is 0 Å². The van der Waals surface area contributed by atoms with Crippen molar-refractivity contribution in [2.24, 2.45) is 0 Å². The Labute approximate surface area is 92.4 Å². The van der Waals surface area contributed by atoms with E-state index in [1.54, 1.807) is 7.05 Å². The largest absolute Gasteiger partial charge is 0.359 e. The molecule has 0 saturated heterocycles. The second-order valence-corrected chi connectivity index (χ2v) is 4.57. The van der Waals surface area contributed by atoms with Crippen LogP contribution >= 0.6 is 0 Å². The summed E-state index contributed by atoms with van der Waals surface area (Å²) in [5, 5.41) is 6.00. The predicted octanol–water partition coefficient (Wildman–Crippen LogP) is 0.196. The van der Waals surface area contributed by atoms with Crippen LogP contribution in [-0.2, 0) is 4.79 Å². The molecule has 1 saturated carbocycles. The predicted molar refractivity (Wildman–Crippen MR) is 61.8 cm³/mol. The van der Waals surface area contributed by atoms with Crippen LogP contribution in [0.2, 0.25) is 0 Å². The van der Waals surface area contributed by atoms with Gasteiger partial charge in [-0.25, -0.2) is 0 Å². The lowest BCUT2D eigenvalue weighted by Gasteiger charge is -2.47. The molecular weight excluding hydrogens is 190 g/mol. The van der Waals surface area contributed by atoms with E-state index >= 15 is 0 Å². The summed E-state index contributed by atoms with van der Waals surface area (Å²) < 4.78 is 0. The summed E-state index contributed by atoms with van der Waals surface area (Å²) in [4.78, 5) is 13.3. The third-order valence-electron chi connectivity index (χ3n) is 3.49. The van der Waals surface area contributed by atoms with Crippen molar-refractivity contribution < 1.29 is 4.79 Å². The molecule has 0 atom stereocenters. The van der Waals surface area contributed by atoms with Crippen molar-refractivity contribution in [3.63, 3.8) is 0 Å². The van der Waals surface area contributed by atoms with E-state index in [1.165, 1.54) is 19.3 Å². The van der Waals surface area contributed by atoms with Crippen molar-refractivity contribution in [3.8, 4) is 0 Å². The van der Waals surface area contributed by atoms with E-state index in [-0.39, 0.29) is 5.91 Å². The van der Waals surface area contributed by atoms with E-state index < -0.39 is 0 Å². The minimum Gasteiger partial charge on any atom is -0.359 e. The fourth-order valence-electron chi connectivity index (χ4n) is 2.01. The lowest BCUT2D eigenvalue weighted by atomic mass is 9.75. The van der Waals surface area contributed by atoms with E-state index in [9.17, 15) is 4.79 Å². The fourth-order valence-corrected chi connectivity index (χ4v) is 2.01. The van der Waals surface area contributed by atoms with Crippen molar-refractivity contribution in [3.05, 3.63) is 0 Å². The van der Waals surface area contributed by atoms with E-state index in [4.69, 9.17) is 0 Å². The van der Waals surface area contributed by atoms with E-state index in [1.807, 2.05) is 0 Å². The summed E-state index contributed by atoms with van der Waals surface area (Å²) in [7, 11) is 5.95. The van der Waals surface area contributed by atoms with Crippen LogP contribution in [0.1, 0.15) is 25.7 Å². The van der Waals surface area contributed by atoms with Gasteiger partial charge in [0.05, 0.1) is 0 Å². The Balaban J connectivity index is 2.16.